The summed E-state index contributed by atoms with van der Waals surface area (Å²) in [7, 11) is 1.84. The molecule has 0 bridgehead atoms. The van der Waals surface area contributed by atoms with E-state index in [1.807, 2.05) is 45.2 Å². The fourth-order valence-electron chi connectivity index (χ4n) is 1.53. The zero-order valence-electron chi connectivity index (χ0n) is 9.69. The number of aromatic nitrogens is 2. The third-order valence-corrected chi connectivity index (χ3v) is 2.34. The van der Waals surface area contributed by atoms with Gasteiger partial charge in [0, 0.05) is 13.1 Å². The van der Waals surface area contributed by atoms with Crippen LogP contribution in [0.5, 0.6) is 11.6 Å². The number of hydrogen-bond acceptors (Lipinski definition) is 3. The Morgan fingerprint density at radius 3 is 2.62 bits per heavy atom. The summed E-state index contributed by atoms with van der Waals surface area (Å²) >= 11 is 0. The molecule has 0 saturated carbocycles. The lowest BCUT2D eigenvalue weighted by atomic mass is 10.2. The summed E-state index contributed by atoms with van der Waals surface area (Å²) in [5.74, 6) is 1.36. The molecule has 0 unspecified atom stereocenters. The third kappa shape index (κ3) is 2.00. The standard InChI is InChI=1S/C12H15N3O/c1-8-4-5-10(13)11(6-8)16-12-7-9(2)14-15(12)3/h4-7H,13H2,1-3H3. The molecule has 0 aliphatic carbocycles. The first-order valence-corrected chi connectivity index (χ1v) is 5.11. The normalized spacial score (nSPS) is 10.4. The van der Waals surface area contributed by atoms with Crippen molar-refractivity contribution >= 4 is 5.69 Å². The summed E-state index contributed by atoms with van der Waals surface area (Å²) in [5, 5.41) is 4.21. The second-order valence-corrected chi connectivity index (χ2v) is 3.89. The third-order valence-electron chi connectivity index (χ3n) is 2.34. The van der Waals surface area contributed by atoms with E-state index in [0.717, 1.165) is 11.3 Å². The van der Waals surface area contributed by atoms with Gasteiger partial charge in [-0.1, -0.05) is 6.07 Å². The predicted molar refractivity (Wildman–Crippen MR) is 63.6 cm³/mol. The summed E-state index contributed by atoms with van der Waals surface area (Å²) in [6.45, 7) is 3.92. The lowest BCUT2D eigenvalue weighted by Crippen LogP contribution is -1.97. The maximum absolute atomic E-state index is 5.84. The second kappa shape index (κ2) is 3.89. The van der Waals surface area contributed by atoms with Gasteiger partial charge in [0.1, 0.15) is 0 Å². The van der Waals surface area contributed by atoms with Crippen molar-refractivity contribution in [1.82, 2.24) is 9.78 Å². The lowest BCUT2D eigenvalue weighted by Gasteiger charge is -2.08. The van der Waals surface area contributed by atoms with Gasteiger partial charge in [-0.05, 0) is 31.5 Å². The first-order chi connectivity index (χ1) is 7.56. The molecule has 0 atom stereocenters. The van der Waals surface area contributed by atoms with Crippen LogP contribution in [0.4, 0.5) is 5.69 Å². The van der Waals surface area contributed by atoms with Crippen LogP contribution in [0.2, 0.25) is 0 Å². The maximum Gasteiger partial charge on any atom is 0.217 e. The Morgan fingerprint density at radius 2 is 2.00 bits per heavy atom. The van der Waals surface area contributed by atoms with E-state index >= 15 is 0 Å². The van der Waals surface area contributed by atoms with E-state index < -0.39 is 0 Å². The van der Waals surface area contributed by atoms with E-state index in [-0.39, 0.29) is 0 Å². The number of benzene rings is 1. The highest BCUT2D eigenvalue weighted by Crippen LogP contribution is 2.28. The van der Waals surface area contributed by atoms with Gasteiger partial charge in [-0.3, -0.25) is 0 Å². The molecule has 4 nitrogen and oxygen atoms in total. The fraction of sp³-hybridized carbons (Fsp3) is 0.250. The fourth-order valence-corrected chi connectivity index (χ4v) is 1.53. The Morgan fingerprint density at radius 1 is 1.25 bits per heavy atom. The number of aryl methyl sites for hydroxylation is 3. The van der Waals surface area contributed by atoms with Crippen molar-refractivity contribution < 1.29 is 4.74 Å². The molecule has 0 aliphatic rings. The van der Waals surface area contributed by atoms with Crippen molar-refractivity contribution in [3.63, 3.8) is 0 Å². The molecule has 1 heterocycles. The summed E-state index contributed by atoms with van der Waals surface area (Å²) in [6.07, 6.45) is 0. The van der Waals surface area contributed by atoms with E-state index in [2.05, 4.69) is 5.10 Å². The molecule has 0 saturated heterocycles. The molecule has 1 aromatic carbocycles. The van der Waals surface area contributed by atoms with Crippen LogP contribution in [-0.2, 0) is 7.05 Å². The first kappa shape index (κ1) is 10.5. The van der Waals surface area contributed by atoms with Crippen molar-refractivity contribution in [2.24, 2.45) is 7.05 Å². The summed E-state index contributed by atoms with van der Waals surface area (Å²) in [6, 6.07) is 7.59. The Kier molecular flexibility index (Phi) is 2.56. The van der Waals surface area contributed by atoms with Gasteiger partial charge < -0.3 is 10.5 Å². The van der Waals surface area contributed by atoms with Gasteiger partial charge in [0.2, 0.25) is 5.88 Å². The first-order valence-electron chi connectivity index (χ1n) is 5.11. The van der Waals surface area contributed by atoms with Crippen molar-refractivity contribution in [3.05, 3.63) is 35.5 Å². The highest BCUT2D eigenvalue weighted by molar-refractivity contribution is 5.54. The van der Waals surface area contributed by atoms with Gasteiger partial charge in [0.25, 0.3) is 0 Å². The average Bonchev–Trinajstić information content (AvgIpc) is 2.51. The van der Waals surface area contributed by atoms with Crippen molar-refractivity contribution in [2.75, 3.05) is 5.73 Å². The maximum atomic E-state index is 5.84. The van der Waals surface area contributed by atoms with Crippen LogP contribution in [0.15, 0.2) is 24.3 Å². The Bertz CT molecular complexity index is 517. The quantitative estimate of drug-likeness (QED) is 0.786. The Hall–Kier alpha value is -1.97. The SMILES string of the molecule is Cc1ccc(N)c(Oc2cc(C)nn2C)c1. The smallest absolute Gasteiger partial charge is 0.217 e. The van der Waals surface area contributed by atoms with Gasteiger partial charge in [-0.2, -0.15) is 5.10 Å². The van der Waals surface area contributed by atoms with E-state index in [0.29, 0.717) is 17.3 Å². The van der Waals surface area contributed by atoms with E-state index in [1.54, 1.807) is 4.68 Å². The van der Waals surface area contributed by atoms with E-state index in [9.17, 15) is 0 Å². The monoisotopic (exact) mass is 217 g/mol. The number of anilines is 1. The van der Waals surface area contributed by atoms with Gasteiger partial charge in [0.15, 0.2) is 5.75 Å². The number of nitrogen functional groups attached to an aromatic ring is 1. The molecule has 0 fully saturated rings. The van der Waals surface area contributed by atoms with Crippen molar-refractivity contribution in [1.29, 1.82) is 0 Å². The van der Waals surface area contributed by atoms with Crippen LogP contribution >= 0.6 is 0 Å². The molecule has 1 aromatic heterocycles. The van der Waals surface area contributed by atoms with Gasteiger partial charge >= 0.3 is 0 Å². The van der Waals surface area contributed by atoms with Crippen LogP contribution < -0.4 is 10.5 Å². The van der Waals surface area contributed by atoms with Crippen LogP contribution in [0.25, 0.3) is 0 Å². The molecule has 2 N–H and O–H groups in total. The Labute approximate surface area is 94.6 Å². The van der Waals surface area contributed by atoms with Crippen LogP contribution in [0.1, 0.15) is 11.3 Å². The number of ether oxygens (including phenoxy) is 1. The minimum atomic E-state index is 0.629. The molecule has 0 aliphatic heterocycles. The topological polar surface area (TPSA) is 53.1 Å². The minimum absolute atomic E-state index is 0.629. The molecule has 4 heteroatoms. The Balaban J connectivity index is 2.33. The second-order valence-electron chi connectivity index (χ2n) is 3.89. The molecule has 0 spiro atoms. The lowest BCUT2D eigenvalue weighted by molar-refractivity contribution is 0.432. The van der Waals surface area contributed by atoms with Crippen LogP contribution in [-0.4, -0.2) is 9.78 Å². The number of nitrogens with zero attached hydrogens (tertiary/aromatic N) is 2. The van der Waals surface area contributed by atoms with Gasteiger partial charge in [-0.25, -0.2) is 4.68 Å². The van der Waals surface area contributed by atoms with Gasteiger partial charge in [0.05, 0.1) is 11.4 Å². The van der Waals surface area contributed by atoms with Crippen LogP contribution in [0.3, 0.4) is 0 Å². The zero-order valence-corrected chi connectivity index (χ0v) is 9.69. The summed E-state index contributed by atoms with van der Waals surface area (Å²) in [5.41, 5.74) is 8.50. The molecule has 84 valence electrons. The molecule has 16 heavy (non-hydrogen) atoms. The molecule has 0 radical (unpaired) electrons. The minimum Gasteiger partial charge on any atom is -0.437 e. The number of hydrogen-bond donors (Lipinski definition) is 1. The molecule has 2 aromatic rings. The van der Waals surface area contributed by atoms with E-state index in [4.69, 9.17) is 10.5 Å². The molecular formula is C12H15N3O. The average molecular weight is 217 g/mol. The summed E-state index contributed by atoms with van der Waals surface area (Å²) < 4.78 is 7.41. The number of nitrogens with two attached hydrogens (primary N) is 1. The van der Waals surface area contributed by atoms with Crippen LogP contribution in [0, 0.1) is 13.8 Å². The highest BCUT2D eigenvalue weighted by Gasteiger charge is 2.07. The van der Waals surface area contributed by atoms with Crippen molar-refractivity contribution in [2.45, 2.75) is 13.8 Å². The van der Waals surface area contributed by atoms with E-state index in [1.165, 1.54) is 0 Å². The highest BCUT2D eigenvalue weighted by atomic mass is 16.5. The largest absolute Gasteiger partial charge is 0.437 e. The predicted octanol–water partition coefficient (Wildman–Crippen LogP) is 2.41. The molecular weight excluding hydrogens is 202 g/mol. The zero-order chi connectivity index (χ0) is 11.7. The van der Waals surface area contributed by atoms with Gasteiger partial charge in [-0.15, -0.1) is 0 Å². The molecule has 2 rings (SSSR count). The number of rotatable bonds is 2. The van der Waals surface area contributed by atoms with Crippen molar-refractivity contribution in [3.8, 4) is 11.6 Å². The molecule has 0 amide bonds. The summed E-state index contributed by atoms with van der Waals surface area (Å²) in [4.78, 5) is 0.